The lowest BCUT2D eigenvalue weighted by atomic mass is 9.88. The van der Waals surface area contributed by atoms with Gasteiger partial charge in [-0.25, -0.2) is 4.99 Å². The molecule has 26 heavy (non-hydrogen) atoms. The van der Waals surface area contributed by atoms with Gasteiger partial charge < -0.3 is 14.2 Å². The van der Waals surface area contributed by atoms with Crippen molar-refractivity contribution in [2.45, 2.75) is 25.3 Å². The Morgan fingerprint density at radius 2 is 2.04 bits per heavy atom. The summed E-state index contributed by atoms with van der Waals surface area (Å²) in [6.07, 6.45) is 3.07. The molecule has 0 aromatic heterocycles. The number of amides is 1. The number of nitrogens with zero attached hydrogens (tertiary/aromatic N) is 1. The lowest BCUT2D eigenvalue weighted by Crippen LogP contribution is -2.32. The van der Waals surface area contributed by atoms with Crippen LogP contribution in [0.15, 0.2) is 47.5 Å². The second-order valence-corrected chi connectivity index (χ2v) is 6.27. The minimum Gasteiger partial charge on any atom is -0.468 e. The number of methoxy groups -OCH3 is 1. The molecule has 1 amide bonds. The summed E-state index contributed by atoms with van der Waals surface area (Å²) in [6.45, 7) is 0.173. The Bertz CT molecular complexity index is 863. The molecule has 2 aromatic rings. The Morgan fingerprint density at radius 1 is 1.19 bits per heavy atom. The maximum Gasteiger partial charge on any atom is 0.292 e. The molecule has 0 saturated carbocycles. The van der Waals surface area contributed by atoms with Crippen molar-refractivity contribution in [2.75, 3.05) is 13.9 Å². The van der Waals surface area contributed by atoms with Crippen molar-refractivity contribution in [3.8, 4) is 11.5 Å². The van der Waals surface area contributed by atoms with E-state index in [0.717, 1.165) is 19.3 Å². The van der Waals surface area contributed by atoms with Gasteiger partial charge in [0.05, 0.1) is 13.2 Å². The normalized spacial score (nSPS) is 18.2. The average molecular weight is 352 g/mol. The van der Waals surface area contributed by atoms with E-state index >= 15 is 0 Å². The number of amidine groups is 1. The van der Waals surface area contributed by atoms with Crippen molar-refractivity contribution in [2.24, 2.45) is 4.99 Å². The van der Waals surface area contributed by atoms with Gasteiger partial charge in [0.1, 0.15) is 0 Å². The number of hydrogen-bond donors (Lipinski definition) is 1. The van der Waals surface area contributed by atoms with E-state index in [-0.39, 0.29) is 24.8 Å². The van der Waals surface area contributed by atoms with Gasteiger partial charge in [0.25, 0.3) is 11.9 Å². The molecule has 1 N–H and O–H groups in total. The maximum absolute atomic E-state index is 12.5. The van der Waals surface area contributed by atoms with Crippen LogP contribution in [0.2, 0.25) is 0 Å². The lowest BCUT2D eigenvalue weighted by Gasteiger charge is -2.23. The Morgan fingerprint density at radius 3 is 2.92 bits per heavy atom. The Kier molecular flexibility index (Phi) is 4.48. The Balaban J connectivity index is 1.53. The number of benzene rings is 2. The third-order valence-corrected chi connectivity index (χ3v) is 4.66. The van der Waals surface area contributed by atoms with Crippen LogP contribution in [0, 0.1) is 0 Å². The summed E-state index contributed by atoms with van der Waals surface area (Å²) in [5.41, 5.74) is 2.97. The van der Waals surface area contributed by atoms with Crippen molar-refractivity contribution in [3.05, 3.63) is 59.2 Å². The second kappa shape index (κ2) is 7.07. The minimum atomic E-state index is -0.298. The van der Waals surface area contributed by atoms with E-state index in [9.17, 15) is 4.79 Å². The summed E-state index contributed by atoms with van der Waals surface area (Å²) in [6, 6.07) is 13.6. The molecule has 6 heteroatoms. The number of aliphatic imine (C=N–C) groups is 1. The number of aryl methyl sites for hydroxylation is 1. The average Bonchev–Trinajstić information content (AvgIpc) is 3.15. The first-order valence-corrected chi connectivity index (χ1v) is 8.65. The molecule has 2 aliphatic rings. The third kappa shape index (κ3) is 3.22. The van der Waals surface area contributed by atoms with Gasteiger partial charge in [-0.1, -0.05) is 24.3 Å². The molecule has 0 fully saturated rings. The first-order chi connectivity index (χ1) is 12.7. The zero-order valence-corrected chi connectivity index (χ0v) is 14.5. The van der Waals surface area contributed by atoms with Gasteiger partial charge in [0.2, 0.25) is 6.79 Å². The van der Waals surface area contributed by atoms with Crippen LogP contribution in [0.1, 0.15) is 40.4 Å². The molecule has 0 unspecified atom stereocenters. The van der Waals surface area contributed by atoms with Crippen molar-refractivity contribution in [1.29, 1.82) is 0 Å². The minimum absolute atomic E-state index is 0.00745. The van der Waals surface area contributed by atoms with Crippen LogP contribution in [0.4, 0.5) is 0 Å². The quantitative estimate of drug-likeness (QED) is 0.665. The summed E-state index contributed by atoms with van der Waals surface area (Å²) in [7, 11) is 1.51. The summed E-state index contributed by atoms with van der Waals surface area (Å²) >= 11 is 0. The van der Waals surface area contributed by atoms with Crippen LogP contribution in [-0.2, 0) is 11.2 Å². The molecule has 1 aliphatic carbocycles. The molecule has 2 aromatic carbocycles. The molecule has 4 rings (SSSR count). The molecular weight excluding hydrogens is 332 g/mol. The van der Waals surface area contributed by atoms with Crippen LogP contribution < -0.4 is 14.8 Å². The Hall–Kier alpha value is -3.02. The molecule has 0 saturated heterocycles. The summed E-state index contributed by atoms with van der Waals surface area (Å²) in [5, 5.41) is 2.74. The number of nitrogens with one attached hydrogen (secondary N) is 1. The number of ether oxygens (including phenoxy) is 3. The van der Waals surface area contributed by atoms with Gasteiger partial charge >= 0.3 is 0 Å². The molecule has 134 valence electrons. The molecule has 1 heterocycles. The molecule has 6 nitrogen and oxygen atoms in total. The first-order valence-electron chi connectivity index (χ1n) is 8.65. The van der Waals surface area contributed by atoms with Gasteiger partial charge in [-0.3, -0.25) is 10.1 Å². The molecule has 1 aliphatic heterocycles. The van der Waals surface area contributed by atoms with E-state index in [4.69, 9.17) is 14.2 Å². The second-order valence-electron chi connectivity index (χ2n) is 6.27. The summed E-state index contributed by atoms with van der Waals surface area (Å²) in [4.78, 5) is 17.2. The fourth-order valence-electron chi connectivity index (χ4n) is 3.35. The van der Waals surface area contributed by atoms with Gasteiger partial charge in [-0.05, 0) is 48.6 Å². The van der Waals surface area contributed by atoms with Gasteiger partial charge in [-0.15, -0.1) is 0 Å². The van der Waals surface area contributed by atoms with Gasteiger partial charge in [0.15, 0.2) is 11.5 Å². The monoisotopic (exact) mass is 352 g/mol. The van der Waals surface area contributed by atoms with E-state index in [2.05, 4.69) is 22.4 Å². The number of rotatable bonds is 2. The number of hydrogen-bond acceptors (Lipinski definition) is 5. The highest BCUT2D eigenvalue weighted by atomic mass is 16.7. The Labute approximate surface area is 151 Å². The van der Waals surface area contributed by atoms with E-state index in [1.165, 1.54) is 18.2 Å². The predicted octanol–water partition coefficient (Wildman–Crippen LogP) is 3.23. The van der Waals surface area contributed by atoms with Crippen LogP contribution in [0.25, 0.3) is 0 Å². The molecule has 0 spiro atoms. The smallest absolute Gasteiger partial charge is 0.292 e. The summed E-state index contributed by atoms with van der Waals surface area (Å²) in [5.74, 6) is 0.906. The SMILES string of the molecule is COC(=N[C@@H]1CCCc2ccccc21)NC(=O)c1ccc2c(c1)OCO2. The van der Waals surface area contributed by atoms with Crippen molar-refractivity contribution < 1.29 is 19.0 Å². The van der Waals surface area contributed by atoms with E-state index < -0.39 is 0 Å². The molecular formula is C20H20N2O4. The van der Waals surface area contributed by atoms with Gasteiger partial charge in [-0.2, -0.15) is 0 Å². The topological polar surface area (TPSA) is 69.2 Å². The van der Waals surface area contributed by atoms with Crippen molar-refractivity contribution >= 4 is 11.9 Å². The van der Waals surface area contributed by atoms with Crippen molar-refractivity contribution in [1.82, 2.24) is 5.32 Å². The van der Waals surface area contributed by atoms with Crippen LogP contribution in [-0.4, -0.2) is 25.8 Å². The number of carbonyl (C=O) groups is 1. The number of fused-ring (bicyclic) bond motifs is 2. The van der Waals surface area contributed by atoms with E-state index in [0.29, 0.717) is 17.1 Å². The van der Waals surface area contributed by atoms with E-state index in [1.807, 2.05) is 12.1 Å². The lowest BCUT2D eigenvalue weighted by molar-refractivity contribution is 0.0967. The van der Waals surface area contributed by atoms with Crippen LogP contribution in [0.5, 0.6) is 11.5 Å². The summed E-state index contributed by atoms with van der Waals surface area (Å²) < 4.78 is 15.9. The zero-order chi connectivity index (χ0) is 17.9. The van der Waals surface area contributed by atoms with Gasteiger partial charge in [0, 0.05) is 5.56 Å². The van der Waals surface area contributed by atoms with Crippen molar-refractivity contribution in [3.63, 3.8) is 0 Å². The largest absolute Gasteiger partial charge is 0.468 e. The highest BCUT2D eigenvalue weighted by molar-refractivity contribution is 6.04. The fourth-order valence-corrected chi connectivity index (χ4v) is 3.35. The number of carbonyl (C=O) groups excluding carboxylic acids is 1. The molecule has 0 radical (unpaired) electrons. The van der Waals surface area contributed by atoms with Crippen LogP contribution >= 0.6 is 0 Å². The first kappa shape index (κ1) is 16.4. The highest BCUT2D eigenvalue weighted by Gasteiger charge is 2.21. The molecule has 0 bridgehead atoms. The highest BCUT2D eigenvalue weighted by Crippen LogP contribution is 2.33. The maximum atomic E-state index is 12.5. The standard InChI is InChI=1S/C20H20N2O4/c1-24-20(21-16-8-4-6-13-5-2-3-7-15(13)16)22-19(23)14-9-10-17-18(11-14)26-12-25-17/h2-3,5,7,9-11,16H,4,6,8,12H2,1H3,(H,21,22,23)/t16-/m1/s1. The van der Waals surface area contributed by atoms with E-state index in [1.54, 1.807) is 18.2 Å². The fraction of sp³-hybridized carbons (Fsp3) is 0.300. The third-order valence-electron chi connectivity index (χ3n) is 4.66. The zero-order valence-electron chi connectivity index (χ0n) is 14.5. The predicted molar refractivity (Wildman–Crippen MR) is 96.6 cm³/mol. The van der Waals surface area contributed by atoms with Crippen LogP contribution in [0.3, 0.4) is 0 Å². The molecule has 1 atom stereocenters.